The lowest BCUT2D eigenvalue weighted by Gasteiger charge is -2.31. The van der Waals surface area contributed by atoms with Crippen molar-refractivity contribution in [2.24, 2.45) is 0 Å². The molecule has 4 nitrogen and oxygen atoms in total. The van der Waals surface area contributed by atoms with Crippen molar-refractivity contribution in [2.45, 2.75) is 44.5 Å². The predicted octanol–water partition coefficient (Wildman–Crippen LogP) is 6.92. The van der Waals surface area contributed by atoms with E-state index in [0.29, 0.717) is 28.8 Å². The summed E-state index contributed by atoms with van der Waals surface area (Å²) in [4.78, 5) is 28.6. The lowest BCUT2D eigenvalue weighted by Crippen LogP contribution is -2.51. The Hall–Kier alpha value is -2.54. The number of nitrogens with zero attached hydrogens (tertiary/aromatic N) is 1. The summed E-state index contributed by atoms with van der Waals surface area (Å²) in [6.45, 7) is 2.81. The van der Waals surface area contributed by atoms with Crippen molar-refractivity contribution in [3.05, 3.63) is 105 Å². The summed E-state index contributed by atoms with van der Waals surface area (Å²) in [5.41, 5.74) is 2.66. The highest BCUT2D eigenvalue weighted by Gasteiger charge is 2.30. The maximum Gasteiger partial charge on any atom is 0.243 e. The maximum absolute atomic E-state index is 13.6. The quantitative estimate of drug-likeness (QED) is 0.231. The number of carbonyl (C=O) groups is 2. The van der Waals surface area contributed by atoms with Gasteiger partial charge in [-0.2, -0.15) is 0 Å². The third-order valence-electron chi connectivity index (χ3n) is 5.85. The van der Waals surface area contributed by atoms with Crippen molar-refractivity contribution in [1.29, 1.82) is 0 Å². The van der Waals surface area contributed by atoms with Gasteiger partial charge in [0.15, 0.2) is 0 Å². The maximum atomic E-state index is 13.6. The van der Waals surface area contributed by atoms with Gasteiger partial charge in [-0.1, -0.05) is 85.1 Å². The standard InChI is InChI=1S/C29H31Cl2FN2O2S/c1-2-3-15-33-29(36)27(17-21-7-5-4-6-8-21)34(18-22-9-12-24(32)13-10-22)28(35)20-37-19-23-11-14-25(30)26(31)16-23/h4-14,16,27H,2-3,15,17-20H2,1H3,(H,33,36). The number of rotatable bonds is 13. The van der Waals surface area contributed by atoms with Crippen molar-refractivity contribution in [3.8, 4) is 0 Å². The average Bonchev–Trinajstić information content (AvgIpc) is 2.90. The van der Waals surface area contributed by atoms with Gasteiger partial charge >= 0.3 is 0 Å². The number of thioether (sulfide) groups is 1. The summed E-state index contributed by atoms with van der Waals surface area (Å²) in [7, 11) is 0. The van der Waals surface area contributed by atoms with Crippen LogP contribution in [0.4, 0.5) is 4.39 Å². The number of hydrogen-bond acceptors (Lipinski definition) is 3. The molecule has 3 aromatic carbocycles. The van der Waals surface area contributed by atoms with Crippen LogP contribution >= 0.6 is 35.0 Å². The van der Waals surface area contributed by atoms with Gasteiger partial charge in [0.2, 0.25) is 11.8 Å². The van der Waals surface area contributed by atoms with E-state index in [9.17, 15) is 14.0 Å². The molecule has 2 amide bonds. The third-order valence-corrected chi connectivity index (χ3v) is 7.57. The Balaban J connectivity index is 1.82. The number of benzene rings is 3. The molecule has 37 heavy (non-hydrogen) atoms. The van der Waals surface area contributed by atoms with Crippen LogP contribution < -0.4 is 5.32 Å². The molecule has 0 bridgehead atoms. The van der Waals surface area contributed by atoms with Crippen LogP contribution in [0.15, 0.2) is 72.8 Å². The Morgan fingerprint density at radius 2 is 1.65 bits per heavy atom. The molecule has 3 rings (SSSR count). The minimum absolute atomic E-state index is 0.166. The second-order valence-electron chi connectivity index (χ2n) is 8.74. The minimum Gasteiger partial charge on any atom is -0.354 e. The van der Waals surface area contributed by atoms with Gasteiger partial charge in [0.25, 0.3) is 0 Å². The largest absolute Gasteiger partial charge is 0.354 e. The second-order valence-corrected chi connectivity index (χ2v) is 10.5. The van der Waals surface area contributed by atoms with Gasteiger partial charge in [-0.25, -0.2) is 4.39 Å². The van der Waals surface area contributed by atoms with Crippen LogP contribution in [-0.2, 0) is 28.3 Å². The molecule has 3 aromatic rings. The summed E-state index contributed by atoms with van der Waals surface area (Å²) in [6.07, 6.45) is 2.19. The van der Waals surface area contributed by atoms with E-state index in [2.05, 4.69) is 12.2 Å². The van der Waals surface area contributed by atoms with E-state index in [-0.39, 0.29) is 29.9 Å². The molecular weight excluding hydrogens is 530 g/mol. The normalized spacial score (nSPS) is 11.7. The van der Waals surface area contributed by atoms with Crippen molar-refractivity contribution >= 4 is 46.8 Å². The van der Waals surface area contributed by atoms with Crippen LogP contribution in [0.2, 0.25) is 10.0 Å². The zero-order chi connectivity index (χ0) is 26.6. The first kappa shape index (κ1) is 29.0. The van der Waals surface area contributed by atoms with E-state index in [0.717, 1.165) is 29.5 Å². The number of amides is 2. The second kappa shape index (κ2) is 15.0. The number of unbranched alkanes of at least 4 members (excludes halogenated alkanes) is 1. The SMILES string of the molecule is CCCCNC(=O)C(Cc1ccccc1)N(Cc1ccc(F)cc1)C(=O)CSCc1ccc(Cl)c(Cl)c1. The average molecular weight is 562 g/mol. The smallest absolute Gasteiger partial charge is 0.243 e. The van der Waals surface area contributed by atoms with Crippen molar-refractivity contribution in [2.75, 3.05) is 12.3 Å². The number of nitrogens with one attached hydrogen (secondary N) is 1. The zero-order valence-electron chi connectivity index (χ0n) is 20.8. The van der Waals surface area contributed by atoms with Crippen molar-refractivity contribution < 1.29 is 14.0 Å². The van der Waals surface area contributed by atoms with Crippen molar-refractivity contribution in [3.63, 3.8) is 0 Å². The fraction of sp³-hybridized carbons (Fsp3) is 0.310. The Labute approximate surface area is 232 Å². The molecule has 0 aliphatic heterocycles. The Kier molecular flexibility index (Phi) is 11.8. The van der Waals surface area contributed by atoms with Gasteiger partial charge in [0, 0.05) is 25.3 Å². The van der Waals surface area contributed by atoms with E-state index in [1.165, 1.54) is 23.9 Å². The molecule has 0 aliphatic rings. The summed E-state index contributed by atoms with van der Waals surface area (Å²) in [6, 6.07) is 20.4. The molecule has 0 aliphatic carbocycles. The van der Waals surface area contributed by atoms with E-state index in [1.54, 1.807) is 29.2 Å². The molecule has 1 atom stereocenters. The minimum atomic E-state index is -0.706. The van der Waals surface area contributed by atoms with Crippen LogP contribution in [0, 0.1) is 5.82 Å². The topological polar surface area (TPSA) is 49.4 Å². The van der Waals surface area contributed by atoms with Crippen LogP contribution in [-0.4, -0.2) is 35.1 Å². The molecule has 0 heterocycles. The number of hydrogen-bond donors (Lipinski definition) is 1. The third kappa shape index (κ3) is 9.37. The molecule has 0 radical (unpaired) electrons. The van der Waals surface area contributed by atoms with E-state index in [4.69, 9.17) is 23.2 Å². The molecule has 0 spiro atoms. The molecule has 1 N–H and O–H groups in total. The summed E-state index contributed by atoms with van der Waals surface area (Å²) >= 11 is 13.6. The van der Waals surface area contributed by atoms with E-state index < -0.39 is 6.04 Å². The van der Waals surface area contributed by atoms with Gasteiger partial charge in [-0.3, -0.25) is 9.59 Å². The van der Waals surface area contributed by atoms with Gasteiger partial charge in [-0.05, 0) is 47.4 Å². The first-order chi connectivity index (χ1) is 17.9. The molecule has 0 saturated heterocycles. The van der Waals surface area contributed by atoms with Gasteiger partial charge < -0.3 is 10.2 Å². The van der Waals surface area contributed by atoms with Crippen LogP contribution in [0.3, 0.4) is 0 Å². The Morgan fingerprint density at radius 3 is 2.32 bits per heavy atom. The lowest BCUT2D eigenvalue weighted by molar-refractivity contribution is -0.139. The molecule has 1 unspecified atom stereocenters. The number of halogens is 3. The Bertz CT molecular complexity index is 1160. The van der Waals surface area contributed by atoms with Crippen LogP contribution in [0.5, 0.6) is 0 Å². The number of carbonyl (C=O) groups excluding carboxylic acids is 2. The summed E-state index contributed by atoms with van der Waals surface area (Å²) in [5.74, 6) is 0.0359. The van der Waals surface area contributed by atoms with E-state index >= 15 is 0 Å². The molecule has 8 heteroatoms. The van der Waals surface area contributed by atoms with Gasteiger partial charge in [-0.15, -0.1) is 11.8 Å². The fourth-order valence-corrected chi connectivity index (χ4v) is 4.99. The highest BCUT2D eigenvalue weighted by molar-refractivity contribution is 7.99. The van der Waals surface area contributed by atoms with Gasteiger partial charge in [0.05, 0.1) is 15.8 Å². The Morgan fingerprint density at radius 1 is 0.946 bits per heavy atom. The summed E-state index contributed by atoms with van der Waals surface area (Å²) < 4.78 is 13.5. The predicted molar refractivity (Wildman–Crippen MR) is 151 cm³/mol. The lowest BCUT2D eigenvalue weighted by atomic mass is 10.0. The first-order valence-corrected chi connectivity index (χ1v) is 14.2. The van der Waals surface area contributed by atoms with E-state index in [1.807, 2.05) is 36.4 Å². The monoisotopic (exact) mass is 560 g/mol. The first-order valence-electron chi connectivity index (χ1n) is 12.2. The molecule has 196 valence electrons. The molecular formula is C29H31Cl2FN2O2S. The molecule has 0 saturated carbocycles. The summed E-state index contributed by atoms with van der Waals surface area (Å²) in [5, 5.41) is 3.95. The van der Waals surface area contributed by atoms with Crippen LogP contribution in [0.25, 0.3) is 0 Å². The zero-order valence-corrected chi connectivity index (χ0v) is 23.1. The highest BCUT2D eigenvalue weighted by Crippen LogP contribution is 2.25. The fourth-order valence-electron chi connectivity index (χ4n) is 3.82. The molecule has 0 aromatic heterocycles. The van der Waals surface area contributed by atoms with Gasteiger partial charge in [0.1, 0.15) is 11.9 Å². The van der Waals surface area contributed by atoms with Crippen molar-refractivity contribution in [1.82, 2.24) is 10.2 Å². The van der Waals surface area contributed by atoms with Crippen LogP contribution in [0.1, 0.15) is 36.5 Å². The highest BCUT2D eigenvalue weighted by atomic mass is 35.5. The molecule has 0 fully saturated rings.